The number of benzene rings is 1. The van der Waals surface area contributed by atoms with Crippen LogP contribution in [0.5, 0.6) is 5.75 Å². The molecule has 0 aliphatic carbocycles. The van der Waals surface area contributed by atoms with Crippen LogP contribution >= 0.6 is 23.2 Å². The largest absolute Gasteiger partial charge is 0.415 e. The molecule has 9 heteroatoms. The third-order valence-electron chi connectivity index (χ3n) is 6.19. The summed E-state index contributed by atoms with van der Waals surface area (Å²) >= 11 is 12.2. The van der Waals surface area contributed by atoms with Gasteiger partial charge in [-0.3, -0.25) is 14.7 Å². The van der Waals surface area contributed by atoms with Crippen LogP contribution in [0.25, 0.3) is 0 Å². The maximum absolute atomic E-state index is 12.5. The van der Waals surface area contributed by atoms with Crippen LogP contribution in [0.15, 0.2) is 36.7 Å². The minimum atomic E-state index is -0.614. The predicted molar refractivity (Wildman–Crippen MR) is 118 cm³/mol. The van der Waals surface area contributed by atoms with Crippen LogP contribution in [0.1, 0.15) is 35.2 Å². The van der Waals surface area contributed by atoms with E-state index in [1.807, 2.05) is 18.2 Å². The summed E-state index contributed by atoms with van der Waals surface area (Å²) < 4.78 is 5.40. The lowest BCUT2D eigenvalue weighted by molar-refractivity contribution is 0.0950. The molecule has 0 atom stereocenters. The zero-order chi connectivity index (χ0) is 22.0. The number of rotatable bonds is 4. The quantitative estimate of drug-likeness (QED) is 0.741. The second-order valence-corrected chi connectivity index (χ2v) is 9.15. The van der Waals surface area contributed by atoms with Crippen molar-refractivity contribution in [2.75, 3.05) is 26.2 Å². The Morgan fingerprint density at radius 2 is 1.81 bits per heavy atom. The van der Waals surface area contributed by atoms with Crippen LogP contribution in [0, 0.1) is 5.41 Å². The monoisotopic (exact) mass is 462 g/mol. The van der Waals surface area contributed by atoms with E-state index in [0.29, 0.717) is 23.1 Å². The molecule has 0 radical (unpaired) electrons. The lowest BCUT2D eigenvalue weighted by Crippen LogP contribution is -2.45. The summed E-state index contributed by atoms with van der Waals surface area (Å²) in [4.78, 5) is 31.9. The molecule has 4 rings (SSSR count). The van der Waals surface area contributed by atoms with Crippen LogP contribution in [0.4, 0.5) is 4.79 Å². The minimum absolute atomic E-state index is 0.205. The van der Waals surface area contributed by atoms with Crippen molar-refractivity contribution in [3.05, 3.63) is 57.8 Å². The molecule has 2 amide bonds. The molecule has 0 bridgehead atoms. The summed E-state index contributed by atoms with van der Waals surface area (Å²) in [6, 6.07) is 7.20. The van der Waals surface area contributed by atoms with Gasteiger partial charge in [-0.15, -0.1) is 0 Å². The second kappa shape index (κ2) is 9.02. The average molecular weight is 463 g/mol. The maximum atomic E-state index is 12.5. The topological polar surface area (TPSA) is 88.8 Å². The van der Waals surface area contributed by atoms with Crippen molar-refractivity contribution >= 4 is 35.2 Å². The van der Waals surface area contributed by atoms with Crippen LogP contribution in [0.2, 0.25) is 10.0 Å². The standard InChI is InChI=1S/C22H24Cl2N4O3/c23-18-2-1-15(9-19(18)24)13-27-6-3-22(14-27)4-7-28(8-5-22)21(30)31-17-10-16(20(25)29)11-26-12-17/h1-2,9-12H,3-8,13-14H2,(H2,25,29). The highest BCUT2D eigenvalue weighted by Gasteiger charge is 2.41. The fourth-order valence-electron chi connectivity index (χ4n) is 4.41. The first kappa shape index (κ1) is 21.9. The van der Waals surface area contributed by atoms with Crippen molar-refractivity contribution in [1.29, 1.82) is 0 Å². The Bertz CT molecular complexity index is 992. The Kier molecular flexibility index (Phi) is 6.36. The molecule has 2 aliphatic heterocycles. The van der Waals surface area contributed by atoms with Gasteiger partial charge in [-0.1, -0.05) is 29.3 Å². The van der Waals surface area contributed by atoms with Gasteiger partial charge in [0, 0.05) is 32.4 Å². The highest BCUT2D eigenvalue weighted by molar-refractivity contribution is 6.42. The van der Waals surface area contributed by atoms with Gasteiger partial charge >= 0.3 is 6.09 Å². The molecule has 2 saturated heterocycles. The van der Waals surface area contributed by atoms with Crippen LogP contribution in [-0.2, 0) is 6.54 Å². The average Bonchev–Trinajstić information content (AvgIpc) is 3.13. The number of carbonyl (C=O) groups is 2. The summed E-state index contributed by atoms with van der Waals surface area (Å²) in [5, 5.41) is 1.15. The van der Waals surface area contributed by atoms with E-state index in [0.717, 1.165) is 44.5 Å². The molecule has 2 aromatic rings. The number of nitrogens with zero attached hydrogens (tertiary/aromatic N) is 3. The van der Waals surface area contributed by atoms with Crippen molar-refractivity contribution in [1.82, 2.24) is 14.8 Å². The molecule has 2 aliphatic rings. The number of hydrogen-bond acceptors (Lipinski definition) is 5. The fraction of sp³-hybridized carbons (Fsp3) is 0.409. The number of halogens is 2. The number of pyridine rings is 1. The first-order chi connectivity index (χ1) is 14.8. The molecular weight excluding hydrogens is 439 g/mol. The van der Waals surface area contributed by atoms with Crippen molar-refractivity contribution < 1.29 is 14.3 Å². The lowest BCUT2D eigenvalue weighted by Gasteiger charge is -2.38. The number of hydrogen-bond donors (Lipinski definition) is 1. The van der Waals surface area contributed by atoms with Gasteiger partial charge < -0.3 is 15.4 Å². The zero-order valence-electron chi connectivity index (χ0n) is 17.0. The van der Waals surface area contributed by atoms with Gasteiger partial charge in [0.15, 0.2) is 5.75 Å². The summed E-state index contributed by atoms with van der Waals surface area (Å²) in [6.07, 6.45) is 5.28. The third-order valence-corrected chi connectivity index (χ3v) is 6.93. The molecule has 2 fully saturated rings. The van der Waals surface area contributed by atoms with E-state index < -0.39 is 12.0 Å². The predicted octanol–water partition coefficient (Wildman–Crippen LogP) is 3.97. The molecule has 1 aromatic heterocycles. The van der Waals surface area contributed by atoms with E-state index in [-0.39, 0.29) is 16.7 Å². The van der Waals surface area contributed by atoms with E-state index in [9.17, 15) is 9.59 Å². The van der Waals surface area contributed by atoms with Gasteiger partial charge in [0.2, 0.25) is 5.91 Å². The number of primary amides is 1. The third kappa shape index (κ3) is 5.11. The summed E-state index contributed by atoms with van der Waals surface area (Å²) in [6.45, 7) is 4.15. The summed E-state index contributed by atoms with van der Waals surface area (Å²) in [5.74, 6) is -0.396. The minimum Gasteiger partial charge on any atom is -0.409 e. The Labute approximate surface area is 191 Å². The van der Waals surface area contributed by atoms with E-state index in [2.05, 4.69) is 9.88 Å². The van der Waals surface area contributed by atoms with E-state index in [1.54, 1.807) is 4.90 Å². The van der Waals surface area contributed by atoms with Crippen molar-refractivity contribution in [3.8, 4) is 5.75 Å². The Morgan fingerprint density at radius 3 is 2.52 bits per heavy atom. The number of ether oxygens (including phenoxy) is 1. The van der Waals surface area contributed by atoms with Gasteiger partial charge in [0.1, 0.15) is 0 Å². The number of carbonyl (C=O) groups excluding carboxylic acids is 2. The molecule has 0 saturated carbocycles. The Hall–Kier alpha value is -2.35. The van der Waals surface area contributed by atoms with Crippen molar-refractivity contribution in [2.45, 2.75) is 25.8 Å². The first-order valence-electron chi connectivity index (χ1n) is 10.2. The second-order valence-electron chi connectivity index (χ2n) is 8.34. The summed E-state index contributed by atoms with van der Waals surface area (Å²) in [7, 11) is 0. The van der Waals surface area contributed by atoms with Crippen LogP contribution in [-0.4, -0.2) is 53.0 Å². The van der Waals surface area contributed by atoms with Gasteiger partial charge in [-0.25, -0.2) is 4.79 Å². The number of likely N-dealkylation sites (tertiary alicyclic amines) is 2. The van der Waals surface area contributed by atoms with E-state index >= 15 is 0 Å². The number of piperidine rings is 1. The molecule has 164 valence electrons. The number of nitrogens with two attached hydrogens (primary N) is 1. The fourth-order valence-corrected chi connectivity index (χ4v) is 4.73. The molecule has 2 N–H and O–H groups in total. The van der Waals surface area contributed by atoms with E-state index in [4.69, 9.17) is 33.7 Å². The number of amides is 2. The smallest absolute Gasteiger partial charge is 0.409 e. The van der Waals surface area contributed by atoms with Crippen molar-refractivity contribution in [3.63, 3.8) is 0 Å². The first-order valence-corrected chi connectivity index (χ1v) is 11.0. The normalized spacial score (nSPS) is 18.3. The Morgan fingerprint density at radius 1 is 1.06 bits per heavy atom. The molecule has 1 spiro atoms. The van der Waals surface area contributed by atoms with Crippen LogP contribution in [0.3, 0.4) is 0 Å². The van der Waals surface area contributed by atoms with Crippen LogP contribution < -0.4 is 10.5 Å². The highest BCUT2D eigenvalue weighted by Crippen LogP contribution is 2.41. The molecule has 31 heavy (non-hydrogen) atoms. The molecule has 3 heterocycles. The lowest BCUT2D eigenvalue weighted by atomic mass is 9.78. The maximum Gasteiger partial charge on any atom is 0.415 e. The molecule has 1 aromatic carbocycles. The van der Waals surface area contributed by atoms with Gasteiger partial charge in [0.05, 0.1) is 21.8 Å². The Balaban J connectivity index is 1.30. The SMILES string of the molecule is NC(=O)c1cncc(OC(=O)N2CCC3(CCN(Cc4ccc(Cl)c(Cl)c4)C3)CC2)c1. The molecule has 0 unspecified atom stereocenters. The van der Waals surface area contributed by atoms with Gasteiger partial charge in [0.25, 0.3) is 0 Å². The highest BCUT2D eigenvalue weighted by atomic mass is 35.5. The zero-order valence-corrected chi connectivity index (χ0v) is 18.5. The molecular formula is C22H24Cl2N4O3. The van der Waals surface area contributed by atoms with Gasteiger partial charge in [-0.2, -0.15) is 0 Å². The molecule has 7 nitrogen and oxygen atoms in total. The van der Waals surface area contributed by atoms with E-state index in [1.165, 1.54) is 18.5 Å². The van der Waals surface area contributed by atoms with Crippen molar-refractivity contribution in [2.24, 2.45) is 11.1 Å². The number of aromatic nitrogens is 1. The summed E-state index contributed by atoms with van der Waals surface area (Å²) in [5.41, 5.74) is 6.83. The van der Waals surface area contributed by atoms with Gasteiger partial charge in [-0.05, 0) is 55.0 Å².